The van der Waals surface area contributed by atoms with Gasteiger partial charge in [0.1, 0.15) is 23.4 Å². The van der Waals surface area contributed by atoms with Crippen molar-refractivity contribution in [3.8, 4) is 5.75 Å². The van der Waals surface area contributed by atoms with Gasteiger partial charge in [0.2, 0.25) is 11.8 Å². The second-order valence-electron chi connectivity index (χ2n) is 12.5. The number of ether oxygens (including phenoxy) is 2. The minimum Gasteiger partial charge on any atom is -0.508 e. The van der Waals surface area contributed by atoms with Gasteiger partial charge in [-0.1, -0.05) is 37.3 Å². The van der Waals surface area contributed by atoms with Gasteiger partial charge in [-0.3, -0.25) is 14.4 Å². The number of carbonyl (C=O) groups is 4. The highest BCUT2D eigenvalue weighted by Crippen LogP contribution is 2.35. The molecule has 0 aliphatic rings. The number of hydrogen-bond donors (Lipinski definition) is 3. The van der Waals surface area contributed by atoms with Gasteiger partial charge in [-0.05, 0) is 96.2 Å². The topological polar surface area (TPSA) is 134 Å². The Hall–Kier alpha value is -4.08. The summed E-state index contributed by atoms with van der Waals surface area (Å²) in [6.45, 7) is 16.6. The molecule has 44 heavy (non-hydrogen) atoms. The second kappa shape index (κ2) is 15.6. The number of rotatable bonds is 13. The van der Waals surface area contributed by atoms with E-state index in [4.69, 9.17) is 9.47 Å². The molecule has 0 bridgehead atoms. The van der Waals surface area contributed by atoms with Crippen LogP contribution < -0.4 is 10.6 Å². The normalized spacial score (nSPS) is 12.9. The number of benzene rings is 2. The summed E-state index contributed by atoms with van der Waals surface area (Å²) >= 11 is 0. The molecular weight excluding hydrogens is 562 g/mol. The van der Waals surface area contributed by atoms with Gasteiger partial charge in [0, 0.05) is 18.5 Å². The number of hydrogen-bond acceptors (Lipinski definition) is 7. The van der Waals surface area contributed by atoms with Crippen LogP contribution in [0, 0.1) is 13.8 Å². The van der Waals surface area contributed by atoms with Gasteiger partial charge >= 0.3 is 12.1 Å². The lowest BCUT2D eigenvalue weighted by molar-refractivity contribution is -0.149. The van der Waals surface area contributed by atoms with E-state index in [9.17, 15) is 24.3 Å². The number of alkyl carbamates (subject to hydrolysis) is 1. The Kier molecular flexibility index (Phi) is 12.8. The first kappa shape index (κ1) is 36.1. The fourth-order valence-electron chi connectivity index (χ4n) is 4.88. The number of esters is 1. The van der Waals surface area contributed by atoms with Crippen molar-refractivity contribution in [3.63, 3.8) is 0 Å². The maximum atomic E-state index is 14.8. The molecule has 0 saturated heterocycles. The van der Waals surface area contributed by atoms with E-state index in [-0.39, 0.29) is 31.7 Å². The third-order valence-corrected chi connectivity index (χ3v) is 7.38. The Balaban J connectivity index is 2.67. The van der Waals surface area contributed by atoms with Gasteiger partial charge in [-0.15, -0.1) is 0 Å². The number of aryl methyl sites for hydroxylation is 2. The van der Waals surface area contributed by atoms with Crippen LogP contribution in [0.3, 0.4) is 0 Å². The first-order valence-electron chi connectivity index (χ1n) is 15.1. The van der Waals surface area contributed by atoms with Crippen molar-refractivity contribution in [2.24, 2.45) is 0 Å². The van der Waals surface area contributed by atoms with E-state index in [0.717, 1.165) is 11.1 Å². The third-order valence-electron chi connectivity index (χ3n) is 7.38. The number of carbonyl (C=O) groups excluding carboxylic acids is 4. The highest BCUT2D eigenvalue weighted by Gasteiger charge is 2.44. The highest BCUT2D eigenvalue weighted by molar-refractivity contribution is 5.93. The van der Waals surface area contributed by atoms with E-state index < -0.39 is 47.1 Å². The number of nitrogens with one attached hydrogen (secondary N) is 2. The molecule has 10 nitrogen and oxygen atoms in total. The molecule has 0 radical (unpaired) electrons. The molecule has 2 aromatic carbocycles. The molecule has 2 unspecified atom stereocenters. The molecule has 10 heteroatoms. The standard InChI is InChI=1S/C34H49N3O7/c1-10-34(8,9)37(29(28-22(3)13-12-14-23(28)4)30(40)35-20-19-27(39)43-11-2)31(41)26(36-32(42)44-33(5,6)7)21-24-15-17-25(38)18-16-24/h12-18,26,29,38H,10-11,19-21H2,1-9H3,(H,35,40)(H,36,42). The van der Waals surface area contributed by atoms with Crippen molar-refractivity contribution in [2.45, 2.75) is 105 Å². The smallest absolute Gasteiger partial charge is 0.408 e. The number of amides is 3. The van der Waals surface area contributed by atoms with Crippen molar-refractivity contribution in [2.75, 3.05) is 13.2 Å². The van der Waals surface area contributed by atoms with E-state index in [1.165, 1.54) is 12.1 Å². The Labute approximate surface area is 261 Å². The average molecular weight is 612 g/mol. The van der Waals surface area contributed by atoms with Crippen molar-refractivity contribution >= 4 is 23.9 Å². The molecule has 0 saturated carbocycles. The zero-order chi connectivity index (χ0) is 33.2. The summed E-state index contributed by atoms with van der Waals surface area (Å²) in [5, 5.41) is 15.4. The van der Waals surface area contributed by atoms with Crippen LogP contribution in [0.2, 0.25) is 0 Å². The second-order valence-corrected chi connectivity index (χ2v) is 12.5. The lowest BCUT2D eigenvalue weighted by Gasteiger charge is -2.45. The van der Waals surface area contributed by atoms with Crippen molar-refractivity contribution in [1.29, 1.82) is 0 Å². The lowest BCUT2D eigenvalue weighted by Crippen LogP contribution is -2.60. The monoisotopic (exact) mass is 611 g/mol. The minimum absolute atomic E-state index is 0.0200. The molecule has 0 spiro atoms. The van der Waals surface area contributed by atoms with Gasteiger partial charge in [0.25, 0.3) is 0 Å². The van der Waals surface area contributed by atoms with E-state index in [2.05, 4.69) is 10.6 Å². The van der Waals surface area contributed by atoms with Crippen LogP contribution in [-0.2, 0) is 30.3 Å². The largest absolute Gasteiger partial charge is 0.508 e. The molecular formula is C34H49N3O7. The van der Waals surface area contributed by atoms with Crippen LogP contribution >= 0.6 is 0 Å². The molecule has 0 aliphatic carbocycles. The van der Waals surface area contributed by atoms with Crippen LogP contribution in [0.15, 0.2) is 42.5 Å². The maximum Gasteiger partial charge on any atom is 0.408 e. The predicted octanol–water partition coefficient (Wildman–Crippen LogP) is 5.27. The lowest BCUT2D eigenvalue weighted by atomic mass is 9.88. The summed E-state index contributed by atoms with van der Waals surface area (Å²) < 4.78 is 10.5. The summed E-state index contributed by atoms with van der Waals surface area (Å²) in [5.41, 5.74) is 1.33. The number of phenolic OH excluding ortho intramolecular Hbond substituents is 1. The Morgan fingerprint density at radius 1 is 0.932 bits per heavy atom. The van der Waals surface area contributed by atoms with Gasteiger partial charge in [-0.25, -0.2) is 4.79 Å². The van der Waals surface area contributed by atoms with E-state index in [1.807, 2.05) is 52.8 Å². The zero-order valence-electron chi connectivity index (χ0n) is 27.6. The summed E-state index contributed by atoms with van der Waals surface area (Å²) in [5.74, 6) is -1.31. The number of phenols is 1. The van der Waals surface area contributed by atoms with Gasteiger partial charge in [0.15, 0.2) is 0 Å². The Morgan fingerprint density at radius 3 is 2.05 bits per heavy atom. The first-order chi connectivity index (χ1) is 20.5. The van der Waals surface area contributed by atoms with Gasteiger partial charge in [0.05, 0.1) is 13.0 Å². The van der Waals surface area contributed by atoms with Crippen molar-refractivity contribution in [3.05, 3.63) is 64.7 Å². The zero-order valence-corrected chi connectivity index (χ0v) is 27.6. The maximum absolute atomic E-state index is 14.8. The van der Waals surface area contributed by atoms with Crippen molar-refractivity contribution in [1.82, 2.24) is 15.5 Å². The summed E-state index contributed by atoms with van der Waals surface area (Å²) in [6.07, 6.45) is -0.215. The quantitative estimate of drug-likeness (QED) is 0.263. The van der Waals surface area contributed by atoms with E-state index in [0.29, 0.717) is 17.5 Å². The third kappa shape index (κ3) is 10.3. The van der Waals surface area contributed by atoms with Crippen LogP contribution in [0.1, 0.15) is 89.6 Å². The molecule has 242 valence electrons. The molecule has 0 fully saturated rings. The van der Waals surface area contributed by atoms with E-state index >= 15 is 0 Å². The van der Waals surface area contributed by atoms with Crippen LogP contribution in [0.25, 0.3) is 0 Å². The van der Waals surface area contributed by atoms with Gasteiger partial charge < -0.3 is 30.1 Å². The molecule has 0 aliphatic heterocycles. The van der Waals surface area contributed by atoms with Crippen LogP contribution in [-0.4, -0.2) is 64.2 Å². The fourth-order valence-corrected chi connectivity index (χ4v) is 4.88. The highest BCUT2D eigenvalue weighted by atomic mass is 16.6. The summed E-state index contributed by atoms with van der Waals surface area (Å²) in [6, 6.07) is 9.83. The summed E-state index contributed by atoms with van der Waals surface area (Å²) in [4.78, 5) is 55.5. The molecule has 2 aromatic rings. The molecule has 3 N–H and O–H groups in total. The Bertz CT molecular complexity index is 1280. The fraction of sp³-hybridized carbons (Fsp3) is 0.529. The average Bonchev–Trinajstić information content (AvgIpc) is 2.92. The Morgan fingerprint density at radius 2 is 1.52 bits per heavy atom. The molecule has 2 rings (SSSR count). The molecule has 3 amide bonds. The van der Waals surface area contributed by atoms with E-state index in [1.54, 1.807) is 44.7 Å². The minimum atomic E-state index is -1.11. The van der Waals surface area contributed by atoms with Crippen LogP contribution in [0.5, 0.6) is 5.75 Å². The first-order valence-corrected chi connectivity index (χ1v) is 15.1. The SMILES string of the molecule is CCOC(=O)CCNC(=O)C(c1c(C)cccc1C)N(C(=O)C(Cc1ccc(O)cc1)NC(=O)OC(C)(C)C)C(C)(C)CC. The number of nitrogens with zero attached hydrogens (tertiary/aromatic N) is 1. The molecule has 0 heterocycles. The molecule has 0 aromatic heterocycles. The summed E-state index contributed by atoms with van der Waals surface area (Å²) in [7, 11) is 0. The van der Waals surface area contributed by atoms with Gasteiger partial charge in [-0.2, -0.15) is 0 Å². The number of aromatic hydroxyl groups is 1. The molecule has 2 atom stereocenters. The van der Waals surface area contributed by atoms with Crippen LogP contribution in [0.4, 0.5) is 4.79 Å². The predicted molar refractivity (Wildman–Crippen MR) is 169 cm³/mol. The van der Waals surface area contributed by atoms with Crippen molar-refractivity contribution < 1.29 is 33.8 Å².